The van der Waals surface area contributed by atoms with Crippen molar-refractivity contribution < 1.29 is 9.76 Å². The van der Waals surface area contributed by atoms with Gasteiger partial charge in [0, 0.05) is 16.6 Å². The van der Waals surface area contributed by atoms with E-state index in [1.165, 1.54) is 4.88 Å². The Labute approximate surface area is 137 Å². The van der Waals surface area contributed by atoms with Crippen LogP contribution < -0.4 is 5.46 Å². The van der Waals surface area contributed by atoms with E-state index in [4.69, 9.17) is 4.65 Å². The lowest BCUT2D eigenvalue weighted by Crippen LogP contribution is -2.52. The highest BCUT2D eigenvalue weighted by atomic mass is 32.1. The van der Waals surface area contributed by atoms with Crippen molar-refractivity contribution in [3.8, 4) is 10.6 Å². The summed E-state index contributed by atoms with van der Waals surface area (Å²) >= 11 is 1.69. The van der Waals surface area contributed by atoms with Gasteiger partial charge in [0.25, 0.3) is 0 Å². The number of hydrogen-bond donors (Lipinski definition) is 1. The molecule has 0 aliphatic carbocycles. The maximum Gasteiger partial charge on any atom is 0.324 e. The second-order valence-electron chi connectivity index (χ2n) is 6.73. The molecule has 1 aromatic carbocycles. The number of aromatic nitrogens is 1. The Morgan fingerprint density at radius 3 is 2.45 bits per heavy atom. The molecule has 2 aromatic rings. The van der Waals surface area contributed by atoms with Crippen molar-refractivity contribution in [2.24, 2.45) is 0 Å². The zero-order valence-electron chi connectivity index (χ0n) is 14.2. The zero-order chi connectivity index (χ0) is 16.5. The smallest absolute Gasteiger partial charge is 0.324 e. The quantitative estimate of drug-likeness (QED) is 0.858. The van der Waals surface area contributed by atoms with Crippen molar-refractivity contribution in [3.05, 3.63) is 35.3 Å². The summed E-state index contributed by atoms with van der Waals surface area (Å²) in [5, 5.41) is 11.3. The second-order valence-corrected chi connectivity index (χ2v) is 7.97. The van der Waals surface area contributed by atoms with Crippen molar-refractivity contribution in [2.75, 3.05) is 0 Å². The van der Waals surface area contributed by atoms with Crippen LogP contribution >= 0.6 is 11.3 Å². The summed E-state index contributed by atoms with van der Waals surface area (Å²) < 4.78 is 6.12. The molecule has 0 saturated heterocycles. The Morgan fingerprint density at radius 1 is 1.23 bits per heavy atom. The number of rotatable bonds is 5. The van der Waals surface area contributed by atoms with E-state index in [9.17, 15) is 5.11 Å². The minimum absolute atomic E-state index is 0.109. The lowest BCUT2D eigenvalue weighted by atomic mass is 9.62. The van der Waals surface area contributed by atoms with E-state index < -0.39 is 11.2 Å². The fourth-order valence-corrected chi connectivity index (χ4v) is 2.83. The monoisotopic (exact) mass is 317 g/mol. The first kappa shape index (κ1) is 17.2. The van der Waals surface area contributed by atoms with Crippen molar-refractivity contribution in [3.63, 3.8) is 0 Å². The molecule has 2 rings (SSSR count). The first-order chi connectivity index (χ1) is 10.1. The Bertz CT molecular complexity index is 646. The molecule has 0 fully saturated rings. The van der Waals surface area contributed by atoms with Crippen LogP contribution in [0.4, 0.5) is 0 Å². The minimum Gasteiger partial charge on any atom is -0.423 e. The highest BCUT2D eigenvalue weighted by Gasteiger charge is 2.38. The van der Waals surface area contributed by atoms with Crippen molar-refractivity contribution in [1.82, 2.24) is 4.98 Å². The van der Waals surface area contributed by atoms with Crippen LogP contribution in [0.5, 0.6) is 0 Å². The Hall–Kier alpha value is -1.17. The third kappa shape index (κ3) is 3.78. The Balaban J connectivity index is 2.23. The van der Waals surface area contributed by atoms with Crippen LogP contribution in [0, 0.1) is 6.92 Å². The summed E-state index contributed by atoms with van der Waals surface area (Å²) in [5.41, 5.74) is 0.640. The van der Waals surface area contributed by atoms with E-state index in [0.717, 1.165) is 16.0 Å². The third-order valence-corrected chi connectivity index (χ3v) is 5.13. The predicted molar refractivity (Wildman–Crippen MR) is 95.0 cm³/mol. The Morgan fingerprint density at radius 2 is 1.91 bits per heavy atom. The summed E-state index contributed by atoms with van der Waals surface area (Å²) in [4.78, 5) is 5.64. The number of aryl methyl sites for hydroxylation is 1. The molecule has 0 saturated carbocycles. The van der Waals surface area contributed by atoms with Crippen molar-refractivity contribution in [1.29, 1.82) is 0 Å². The van der Waals surface area contributed by atoms with Gasteiger partial charge in [0.1, 0.15) is 5.01 Å². The SMILES string of the molecule is CB(OC(C)(C)C(C)(C)O)c1cccc(-c2ncc(C)s2)c1. The molecule has 3 nitrogen and oxygen atoms in total. The molecule has 0 aliphatic heterocycles. The normalized spacial score (nSPS) is 12.5. The van der Waals surface area contributed by atoms with E-state index in [-0.39, 0.29) is 6.92 Å². The topological polar surface area (TPSA) is 42.4 Å². The number of benzene rings is 1. The average Bonchev–Trinajstić information content (AvgIpc) is 2.84. The molecule has 1 N–H and O–H groups in total. The number of hydrogen-bond acceptors (Lipinski definition) is 4. The standard InChI is InChI=1S/C17H24BNO2S/c1-12-11-19-15(22-12)13-8-7-9-14(10-13)18(6)21-17(4,5)16(2,3)20/h7-11,20H,1-6H3. The van der Waals surface area contributed by atoms with Gasteiger partial charge in [0.2, 0.25) is 0 Å². The first-order valence-corrected chi connectivity index (χ1v) is 8.35. The van der Waals surface area contributed by atoms with E-state index >= 15 is 0 Å². The van der Waals surface area contributed by atoms with Gasteiger partial charge >= 0.3 is 6.92 Å². The molecule has 0 amide bonds. The van der Waals surface area contributed by atoms with Gasteiger partial charge in [-0.1, -0.05) is 31.1 Å². The maximum atomic E-state index is 10.2. The summed E-state index contributed by atoms with van der Waals surface area (Å²) in [6.07, 6.45) is 1.89. The van der Waals surface area contributed by atoms with Crippen LogP contribution in [0.1, 0.15) is 32.6 Å². The molecular weight excluding hydrogens is 293 g/mol. The molecule has 1 heterocycles. The summed E-state index contributed by atoms with van der Waals surface area (Å²) in [7, 11) is 0. The van der Waals surface area contributed by atoms with E-state index in [0.29, 0.717) is 0 Å². The number of nitrogens with zero attached hydrogens (tertiary/aromatic N) is 1. The van der Waals surface area contributed by atoms with Gasteiger partial charge in [-0.2, -0.15) is 0 Å². The summed E-state index contributed by atoms with van der Waals surface area (Å²) in [5.74, 6) is 0. The molecule has 0 unspecified atom stereocenters. The molecule has 0 radical (unpaired) electrons. The largest absolute Gasteiger partial charge is 0.423 e. The van der Waals surface area contributed by atoms with Crippen molar-refractivity contribution >= 4 is 23.7 Å². The molecule has 0 bridgehead atoms. The van der Waals surface area contributed by atoms with Crippen LogP contribution in [0.3, 0.4) is 0 Å². The van der Waals surface area contributed by atoms with Gasteiger partial charge in [0.05, 0.1) is 11.2 Å². The van der Waals surface area contributed by atoms with Crippen LogP contribution in [0.15, 0.2) is 30.5 Å². The summed E-state index contributed by atoms with van der Waals surface area (Å²) in [6.45, 7) is 11.3. The van der Waals surface area contributed by atoms with Gasteiger partial charge in [-0.05, 0) is 40.1 Å². The molecule has 0 atom stereocenters. The minimum atomic E-state index is -0.911. The van der Waals surface area contributed by atoms with Gasteiger partial charge < -0.3 is 9.76 Å². The second kappa shape index (κ2) is 6.15. The predicted octanol–water partition coefficient (Wildman–Crippen LogP) is 3.51. The van der Waals surface area contributed by atoms with Crippen molar-refractivity contribution in [2.45, 2.75) is 52.6 Å². The molecular formula is C17H24BNO2S. The van der Waals surface area contributed by atoms with Gasteiger partial charge in [-0.15, -0.1) is 11.3 Å². The van der Waals surface area contributed by atoms with E-state index in [2.05, 4.69) is 30.1 Å². The Kier molecular flexibility index (Phi) is 4.80. The maximum absolute atomic E-state index is 10.2. The summed E-state index contributed by atoms with van der Waals surface area (Å²) in [6, 6.07) is 8.26. The highest BCUT2D eigenvalue weighted by Crippen LogP contribution is 2.27. The molecule has 118 valence electrons. The van der Waals surface area contributed by atoms with E-state index in [1.807, 2.05) is 32.9 Å². The lowest BCUT2D eigenvalue weighted by molar-refractivity contribution is -0.0918. The average molecular weight is 317 g/mol. The highest BCUT2D eigenvalue weighted by molar-refractivity contribution is 7.14. The first-order valence-electron chi connectivity index (χ1n) is 7.53. The fourth-order valence-electron chi connectivity index (χ4n) is 2.07. The van der Waals surface area contributed by atoms with Gasteiger partial charge in [-0.25, -0.2) is 4.98 Å². The molecule has 0 aliphatic rings. The molecule has 22 heavy (non-hydrogen) atoms. The van der Waals surface area contributed by atoms with Crippen LogP contribution in [0.25, 0.3) is 10.6 Å². The van der Waals surface area contributed by atoms with E-state index in [1.54, 1.807) is 25.2 Å². The number of thiazole rings is 1. The lowest BCUT2D eigenvalue weighted by Gasteiger charge is -2.39. The van der Waals surface area contributed by atoms with Gasteiger partial charge in [-0.3, -0.25) is 0 Å². The van der Waals surface area contributed by atoms with Crippen LogP contribution in [-0.2, 0) is 4.65 Å². The van der Waals surface area contributed by atoms with Crippen LogP contribution in [-0.4, -0.2) is 28.2 Å². The van der Waals surface area contributed by atoms with Gasteiger partial charge in [0.15, 0.2) is 0 Å². The molecule has 1 aromatic heterocycles. The number of aliphatic hydroxyl groups is 1. The third-order valence-electron chi connectivity index (χ3n) is 4.17. The zero-order valence-corrected chi connectivity index (χ0v) is 15.0. The fraction of sp³-hybridized carbons (Fsp3) is 0.471. The van der Waals surface area contributed by atoms with Crippen LogP contribution in [0.2, 0.25) is 6.82 Å². The molecule has 5 heteroatoms. The molecule has 0 spiro atoms.